The fourth-order valence-electron chi connectivity index (χ4n) is 3.95. The molecule has 1 saturated carbocycles. The quantitative estimate of drug-likeness (QED) is 0.838. The van der Waals surface area contributed by atoms with Gasteiger partial charge >= 0.3 is 0 Å². The van der Waals surface area contributed by atoms with E-state index in [1.54, 1.807) is 0 Å². The Labute approximate surface area is 127 Å². The summed E-state index contributed by atoms with van der Waals surface area (Å²) in [4.78, 5) is 17.1. The number of carbonyl (C=O) groups is 1. The van der Waals surface area contributed by atoms with Crippen molar-refractivity contribution in [3.63, 3.8) is 0 Å². The van der Waals surface area contributed by atoms with Gasteiger partial charge in [-0.15, -0.1) is 0 Å². The lowest BCUT2D eigenvalue weighted by atomic mass is 10.1. The first-order chi connectivity index (χ1) is 10.2. The number of nitrogens with two attached hydrogens (primary N) is 1. The molecule has 3 rings (SSSR count). The van der Waals surface area contributed by atoms with Crippen molar-refractivity contribution in [3.05, 3.63) is 0 Å². The fraction of sp³-hybridized carbons (Fsp3) is 0.938. The van der Waals surface area contributed by atoms with Crippen LogP contribution in [0.1, 0.15) is 38.5 Å². The first-order valence-electron chi connectivity index (χ1n) is 8.60. The number of ether oxygens (including phenoxy) is 1. The van der Waals surface area contributed by atoms with E-state index < -0.39 is 0 Å². The highest BCUT2D eigenvalue weighted by Crippen LogP contribution is 2.26. The van der Waals surface area contributed by atoms with Crippen LogP contribution in [0.3, 0.4) is 0 Å². The molecule has 0 radical (unpaired) electrons. The highest BCUT2D eigenvalue weighted by molar-refractivity contribution is 5.79. The Kier molecular flexibility index (Phi) is 5.14. The summed E-state index contributed by atoms with van der Waals surface area (Å²) in [5.41, 5.74) is 5.94. The highest BCUT2D eigenvalue weighted by atomic mass is 16.5. The van der Waals surface area contributed by atoms with E-state index in [2.05, 4.69) is 9.80 Å². The lowest BCUT2D eigenvalue weighted by Gasteiger charge is -2.25. The van der Waals surface area contributed by atoms with Gasteiger partial charge in [-0.2, -0.15) is 0 Å². The molecule has 3 atom stereocenters. The smallest absolute Gasteiger partial charge is 0.225 e. The van der Waals surface area contributed by atoms with Crippen LogP contribution in [0.5, 0.6) is 0 Å². The van der Waals surface area contributed by atoms with Gasteiger partial charge in [0, 0.05) is 44.7 Å². The van der Waals surface area contributed by atoms with E-state index in [0.717, 1.165) is 65.0 Å². The van der Waals surface area contributed by atoms with Crippen LogP contribution in [0.15, 0.2) is 0 Å². The molecule has 2 heterocycles. The van der Waals surface area contributed by atoms with Gasteiger partial charge in [0.15, 0.2) is 0 Å². The van der Waals surface area contributed by atoms with Crippen molar-refractivity contribution < 1.29 is 9.53 Å². The molecule has 0 bridgehead atoms. The molecule has 2 N–H and O–H groups in total. The predicted octanol–water partition coefficient (Wildman–Crippen LogP) is 0.827. The maximum atomic E-state index is 12.6. The summed E-state index contributed by atoms with van der Waals surface area (Å²) in [5, 5.41) is 0. The van der Waals surface area contributed by atoms with Crippen molar-refractivity contribution in [2.45, 2.75) is 50.7 Å². The average Bonchev–Trinajstić information content (AvgIpc) is 3.07. The Bertz CT molecular complexity index is 357. The number of amides is 1. The van der Waals surface area contributed by atoms with Crippen molar-refractivity contribution >= 4 is 5.91 Å². The van der Waals surface area contributed by atoms with Crippen LogP contribution >= 0.6 is 0 Å². The van der Waals surface area contributed by atoms with Crippen LogP contribution in [0.4, 0.5) is 0 Å². The van der Waals surface area contributed by atoms with Gasteiger partial charge in [0.05, 0.1) is 6.10 Å². The lowest BCUT2D eigenvalue weighted by molar-refractivity contribution is -0.135. The second-order valence-corrected chi connectivity index (χ2v) is 6.88. The molecule has 5 nitrogen and oxygen atoms in total. The van der Waals surface area contributed by atoms with Crippen molar-refractivity contribution in [1.29, 1.82) is 0 Å². The topological polar surface area (TPSA) is 58.8 Å². The maximum absolute atomic E-state index is 12.6. The molecule has 0 spiro atoms. The molecule has 0 aromatic heterocycles. The Hall–Kier alpha value is -0.650. The molecule has 3 unspecified atom stereocenters. The van der Waals surface area contributed by atoms with Crippen LogP contribution in [0, 0.1) is 5.92 Å². The van der Waals surface area contributed by atoms with Crippen molar-refractivity contribution in [3.8, 4) is 0 Å². The summed E-state index contributed by atoms with van der Waals surface area (Å²) in [6, 6.07) is 0.238. The van der Waals surface area contributed by atoms with Gasteiger partial charge in [-0.1, -0.05) is 0 Å². The number of hydrogen-bond donors (Lipinski definition) is 1. The van der Waals surface area contributed by atoms with Crippen LogP contribution in [0.25, 0.3) is 0 Å². The Morgan fingerprint density at radius 2 is 2.00 bits per heavy atom. The van der Waals surface area contributed by atoms with Crippen molar-refractivity contribution in [2.24, 2.45) is 11.7 Å². The maximum Gasteiger partial charge on any atom is 0.225 e. The monoisotopic (exact) mass is 295 g/mol. The number of hydrogen-bond acceptors (Lipinski definition) is 4. The molecule has 2 aliphatic heterocycles. The third-order valence-electron chi connectivity index (χ3n) is 5.21. The summed E-state index contributed by atoms with van der Waals surface area (Å²) < 4.78 is 5.73. The summed E-state index contributed by atoms with van der Waals surface area (Å²) in [6.45, 7) is 5.82. The second kappa shape index (κ2) is 7.07. The molecule has 5 heteroatoms. The molecular weight excluding hydrogens is 266 g/mol. The molecule has 3 fully saturated rings. The number of nitrogens with zero attached hydrogens (tertiary/aromatic N) is 2. The molecule has 21 heavy (non-hydrogen) atoms. The lowest BCUT2D eigenvalue weighted by Crippen LogP contribution is -2.39. The zero-order valence-corrected chi connectivity index (χ0v) is 13.0. The van der Waals surface area contributed by atoms with Crippen molar-refractivity contribution in [2.75, 3.05) is 39.3 Å². The Morgan fingerprint density at radius 3 is 2.71 bits per heavy atom. The third-order valence-corrected chi connectivity index (χ3v) is 5.21. The average molecular weight is 295 g/mol. The Balaban J connectivity index is 1.47. The third kappa shape index (κ3) is 3.96. The zero-order valence-electron chi connectivity index (χ0n) is 13.0. The number of rotatable bonds is 3. The minimum Gasteiger partial charge on any atom is -0.377 e. The molecule has 1 amide bonds. The van der Waals surface area contributed by atoms with E-state index in [4.69, 9.17) is 10.5 Å². The van der Waals surface area contributed by atoms with E-state index >= 15 is 0 Å². The molecule has 1 aliphatic carbocycles. The van der Waals surface area contributed by atoms with Gasteiger partial charge in [0.25, 0.3) is 0 Å². The highest BCUT2D eigenvalue weighted by Gasteiger charge is 2.32. The largest absolute Gasteiger partial charge is 0.377 e. The van der Waals surface area contributed by atoms with Crippen molar-refractivity contribution in [1.82, 2.24) is 9.80 Å². The van der Waals surface area contributed by atoms with Crippen LogP contribution in [0.2, 0.25) is 0 Å². The summed E-state index contributed by atoms with van der Waals surface area (Å²) in [7, 11) is 0. The standard InChI is InChI=1S/C16H29N3O2/c17-14-5-4-13(11-14)16(20)19-7-2-6-18(8-9-19)12-15-3-1-10-21-15/h13-15H,1-12,17H2. The fourth-order valence-corrected chi connectivity index (χ4v) is 3.95. The molecule has 0 aromatic carbocycles. The van der Waals surface area contributed by atoms with Gasteiger partial charge in [0.1, 0.15) is 0 Å². The normalized spacial score (nSPS) is 35.1. The predicted molar refractivity (Wildman–Crippen MR) is 81.9 cm³/mol. The molecule has 2 saturated heterocycles. The minimum atomic E-state index is 0.185. The van der Waals surface area contributed by atoms with Crippen LogP contribution < -0.4 is 5.73 Å². The molecule has 120 valence electrons. The van der Waals surface area contributed by atoms with E-state index in [-0.39, 0.29) is 12.0 Å². The Morgan fingerprint density at radius 1 is 1.10 bits per heavy atom. The van der Waals surface area contributed by atoms with E-state index in [1.807, 2.05) is 0 Å². The van der Waals surface area contributed by atoms with Crippen LogP contribution in [-0.2, 0) is 9.53 Å². The van der Waals surface area contributed by atoms with Crippen LogP contribution in [-0.4, -0.2) is 67.2 Å². The van der Waals surface area contributed by atoms with E-state index in [1.165, 1.54) is 12.8 Å². The molecular formula is C16H29N3O2. The van der Waals surface area contributed by atoms with E-state index in [9.17, 15) is 4.79 Å². The zero-order chi connectivity index (χ0) is 14.7. The van der Waals surface area contributed by atoms with Gasteiger partial charge in [0.2, 0.25) is 5.91 Å². The SMILES string of the molecule is NC1CCC(C(=O)N2CCCN(CC3CCCO3)CC2)C1. The first-order valence-corrected chi connectivity index (χ1v) is 8.60. The summed E-state index contributed by atoms with van der Waals surface area (Å²) >= 11 is 0. The van der Waals surface area contributed by atoms with Gasteiger partial charge in [-0.05, 0) is 45.1 Å². The van der Waals surface area contributed by atoms with Gasteiger partial charge < -0.3 is 15.4 Å². The first kappa shape index (κ1) is 15.3. The summed E-state index contributed by atoms with van der Waals surface area (Å²) in [6.07, 6.45) is 6.77. The minimum absolute atomic E-state index is 0.185. The van der Waals surface area contributed by atoms with Gasteiger partial charge in [-0.25, -0.2) is 0 Å². The molecule has 0 aromatic rings. The van der Waals surface area contributed by atoms with E-state index in [0.29, 0.717) is 12.0 Å². The summed E-state index contributed by atoms with van der Waals surface area (Å²) in [5.74, 6) is 0.534. The molecule has 3 aliphatic rings. The number of carbonyl (C=O) groups excluding carboxylic acids is 1. The van der Waals surface area contributed by atoms with Gasteiger partial charge in [-0.3, -0.25) is 9.69 Å². The second-order valence-electron chi connectivity index (χ2n) is 6.88.